The fourth-order valence-corrected chi connectivity index (χ4v) is 0.968. The third-order valence-corrected chi connectivity index (χ3v) is 1.77. The zero-order valence-electron chi connectivity index (χ0n) is 11.3. The van der Waals surface area contributed by atoms with E-state index in [2.05, 4.69) is 0 Å². The van der Waals surface area contributed by atoms with Crippen LogP contribution in [0.25, 0.3) is 0 Å². The van der Waals surface area contributed by atoms with E-state index in [-0.39, 0.29) is 6.61 Å². The molecule has 7 heteroatoms. The molecule has 7 nitrogen and oxygen atoms in total. The average Bonchev–Trinajstić information content (AvgIpc) is 2.39. The van der Waals surface area contributed by atoms with Crippen LogP contribution < -0.4 is 5.73 Å². The molecule has 0 aromatic carbocycles. The van der Waals surface area contributed by atoms with Gasteiger partial charge in [-0.1, -0.05) is 0 Å². The summed E-state index contributed by atoms with van der Waals surface area (Å²) in [5, 5.41) is 0. The van der Waals surface area contributed by atoms with E-state index >= 15 is 0 Å². The quantitative estimate of drug-likeness (QED) is 0.356. The van der Waals surface area contributed by atoms with Crippen LogP contribution in [-0.2, 0) is 28.5 Å². The summed E-state index contributed by atoms with van der Waals surface area (Å²) < 4.78 is 25.4. The van der Waals surface area contributed by atoms with E-state index < -0.39 is 5.91 Å². The molecule has 0 heterocycles. The summed E-state index contributed by atoms with van der Waals surface area (Å²) in [6.07, 6.45) is 2.60. The van der Waals surface area contributed by atoms with E-state index in [1.807, 2.05) is 6.92 Å². The number of rotatable bonds is 14. The van der Waals surface area contributed by atoms with Crippen LogP contribution in [-0.4, -0.2) is 58.8 Å². The third-order valence-electron chi connectivity index (χ3n) is 1.77. The summed E-state index contributed by atoms with van der Waals surface area (Å²) in [6, 6.07) is 0. The highest BCUT2D eigenvalue weighted by Crippen LogP contribution is 1.84. The van der Waals surface area contributed by atoms with Gasteiger partial charge in [-0.15, -0.1) is 0 Å². The van der Waals surface area contributed by atoms with Crippen LogP contribution in [0.5, 0.6) is 0 Å². The van der Waals surface area contributed by atoms with Gasteiger partial charge < -0.3 is 29.4 Å². The second-order valence-electron chi connectivity index (χ2n) is 3.34. The molecule has 0 aromatic rings. The monoisotopic (exact) mass is 277 g/mol. The Bertz CT molecular complexity index is 234. The zero-order chi connectivity index (χ0) is 14.2. The molecule has 0 aliphatic rings. The topological polar surface area (TPSA) is 89.2 Å². The molecule has 0 atom stereocenters. The zero-order valence-corrected chi connectivity index (χ0v) is 11.3. The number of ether oxygens (including phenoxy) is 5. The van der Waals surface area contributed by atoms with Gasteiger partial charge in [0, 0.05) is 6.61 Å². The van der Waals surface area contributed by atoms with Crippen LogP contribution in [0.2, 0.25) is 0 Å². The van der Waals surface area contributed by atoms with Gasteiger partial charge >= 0.3 is 0 Å². The lowest BCUT2D eigenvalue weighted by atomic mass is 10.7. The Morgan fingerprint density at radius 3 is 2.00 bits per heavy atom. The van der Waals surface area contributed by atoms with Crippen LogP contribution in [0.4, 0.5) is 0 Å². The van der Waals surface area contributed by atoms with Crippen LogP contribution in [0.15, 0.2) is 12.5 Å². The highest BCUT2D eigenvalue weighted by atomic mass is 16.6. The van der Waals surface area contributed by atoms with E-state index in [1.165, 1.54) is 12.5 Å². The largest absolute Gasteiger partial charge is 0.496 e. The summed E-state index contributed by atoms with van der Waals surface area (Å²) in [5.74, 6) is -0.530. The van der Waals surface area contributed by atoms with Gasteiger partial charge in [0.05, 0.1) is 33.0 Å². The van der Waals surface area contributed by atoms with E-state index in [9.17, 15) is 4.79 Å². The Hall–Kier alpha value is -1.31. The molecule has 0 unspecified atom stereocenters. The standard InChI is InChI=1S/C12H23NO6/c1-2-15-3-4-16-5-6-17-7-8-18-9-10-19-11-12(13)14/h9-10H,2-8,11H2,1H3,(H2,13,14). The summed E-state index contributed by atoms with van der Waals surface area (Å²) in [6.45, 7) is 5.57. The van der Waals surface area contributed by atoms with Crippen molar-refractivity contribution in [2.45, 2.75) is 6.92 Å². The molecule has 19 heavy (non-hydrogen) atoms. The van der Waals surface area contributed by atoms with Crippen molar-refractivity contribution in [3.8, 4) is 0 Å². The molecule has 0 aromatic heterocycles. The maximum Gasteiger partial charge on any atom is 0.255 e. The molecule has 0 saturated heterocycles. The van der Waals surface area contributed by atoms with Gasteiger partial charge in [-0.25, -0.2) is 0 Å². The van der Waals surface area contributed by atoms with Gasteiger partial charge in [-0.05, 0) is 6.92 Å². The first-order valence-electron chi connectivity index (χ1n) is 6.17. The molecule has 2 N–H and O–H groups in total. The highest BCUT2D eigenvalue weighted by Gasteiger charge is 1.91. The second-order valence-corrected chi connectivity index (χ2v) is 3.34. The number of hydrogen-bond acceptors (Lipinski definition) is 6. The Labute approximate surface area is 113 Å². The average molecular weight is 277 g/mol. The SMILES string of the molecule is CCOCCOCCOCCOC=COCC(N)=O. The van der Waals surface area contributed by atoms with E-state index in [1.54, 1.807) is 0 Å². The first kappa shape index (κ1) is 17.7. The van der Waals surface area contributed by atoms with Gasteiger partial charge in [-0.2, -0.15) is 0 Å². The summed E-state index contributed by atoms with van der Waals surface area (Å²) in [7, 11) is 0. The second kappa shape index (κ2) is 14.7. The number of nitrogens with two attached hydrogens (primary N) is 1. The fourth-order valence-electron chi connectivity index (χ4n) is 0.968. The van der Waals surface area contributed by atoms with Gasteiger partial charge in [0.2, 0.25) is 0 Å². The highest BCUT2D eigenvalue weighted by molar-refractivity contribution is 5.75. The molecule has 0 aliphatic heterocycles. The van der Waals surface area contributed by atoms with Gasteiger partial charge in [0.25, 0.3) is 5.91 Å². The molecule has 0 bridgehead atoms. The first-order chi connectivity index (χ1) is 9.27. The minimum atomic E-state index is -0.530. The lowest BCUT2D eigenvalue weighted by molar-refractivity contribution is -0.120. The molecule has 0 spiro atoms. The number of primary amides is 1. The number of carbonyl (C=O) groups is 1. The Morgan fingerprint density at radius 2 is 1.42 bits per heavy atom. The lowest BCUT2D eigenvalue weighted by Crippen LogP contribution is -2.16. The van der Waals surface area contributed by atoms with E-state index in [0.717, 1.165) is 0 Å². The number of hydrogen-bond donors (Lipinski definition) is 1. The van der Waals surface area contributed by atoms with Crippen molar-refractivity contribution >= 4 is 5.91 Å². The number of carbonyl (C=O) groups excluding carboxylic acids is 1. The molecule has 0 aliphatic carbocycles. The maximum atomic E-state index is 10.3. The fraction of sp³-hybridized carbons (Fsp3) is 0.750. The third kappa shape index (κ3) is 16.7. The molecule has 0 radical (unpaired) electrons. The molecule has 0 saturated carbocycles. The Kier molecular flexibility index (Phi) is 13.7. The Balaban J connectivity index is 3.04. The molecular formula is C12H23NO6. The summed E-state index contributed by atoms with van der Waals surface area (Å²) in [5.41, 5.74) is 4.86. The van der Waals surface area contributed by atoms with Crippen molar-refractivity contribution in [2.24, 2.45) is 5.73 Å². The summed E-state index contributed by atoms with van der Waals surface area (Å²) >= 11 is 0. The predicted molar refractivity (Wildman–Crippen MR) is 68.4 cm³/mol. The smallest absolute Gasteiger partial charge is 0.255 e. The molecule has 1 amide bonds. The van der Waals surface area contributed by atoms with E-state index in [4.69, 9.17) is 29.4 Å². The Morgan fingerprint density at radius 1 is 0.895 bits per heavy atom. The normalized spacial score (nSPS) is 10.8. The minimum Gasteiger partial charge on any atom is -0.496 e. The van der Waals surface area contributed by atoms with Crippen LogP contribution >= 0.6 is 0 Å². The predicted octanol–water partition coefficient (Wildman–Crippen LogP) is 0.0458. The lowest BCUT2D eigenvalue weighted by Gasteiger charge is -2.05. The molecule has 0 rings (SSSR count). The van der Waals surface area contributed by atoms with Crippen molar-refractivity contribution in [3.05, 3.63) is 12.5 Å². The maximum absolute atomic E-state index is 10.3. The van der Waals surface area contributed by atoms with Crippen LogP contribution in [0.3, 0.4) is 0 Å². The van der Waals surface area contributed by atoms with Crippen molar-refractivity contribution in [3.63, 3.8) is 0 Å². The summed E-state index contributed by atoms with van der Waals surface area (Å²) in [4.78, 5) is 10.3. The van der Waals surface area contributed by atoms with Crippen molar-refractivity contribution < 1.29 is 28.5 Å². The van der Waals surface area contributed by atoms with Gasteiger partial charge in [-0.3, -0.25) is 4.79 Å². The molecular weight excluding hydrogens is 254 g/mol. The van der Waals surface area contributed by atoms with Crippen molar-refractivity contribution in [1.82, 2.24) is 0 Å². The number of amides is 1. The van der Waals surface area contributed by atoms with E-state index in [0.29, 0.717) is 46.2 Å². The van der Waals surface area contributed by atoms with Crippen molar-refractivity contribution in [2.75, 3.05) is 52.9 Å². The first-order valence-corrected chi connectivity index (χ1v) is 6.17. The molecule has 0 fully saturated rings. The van der Waals surface area contributed by atoms with Crippen molar-refractivity contribution in [1.29, 1.82) is 0 Å². The van der Waals surface area contributed by atoms with Gasteiger partial charge in [0.1, 0.15) is 19.1 Å². The molecule has 112 valence electrons. The van der Waals surface area contributed by atoms with Crippen LogP contribution in [0, 0.1) is 0 Å². The van der Waals surface area contributed by atoms with Gasteiger partial charge in [0.15, 0.2) is 6.61 Å². The minimum absolute atomic E-state index is 0.157. The van der Waals surface area contributed by atoms with Crippen LogP contribution in [0.1, 0.15) is 6.92 Å².